The van der Waals surface area contributed by atoms with Gasteiger partial charge in [-0.25, -0.2) is 4.79 Å². The van der Waals surface area contributed by atoms with Crippen LogP contribution < -0.4 is 0 Å². The number of hydrogen-bond acceptors (Lipinski definition) is 5. The summed E-state index contributed by atoms with van der Waals surface area (Å²) in [4.78, 5) is 12.5. The van der Waals surface area contributed by atoms with E-state index in [4.69, 9.17) is 4.74 Å². The van der Waals surface area contributed by atoms with Gasteiger partial charge in [0.05, 0.1) is 23.1 Å². The van der Waals surface area contributed by atoms with Gasteiger partial charge in [-0.2, -0.15) is 0 Å². The van der Waals surface area contributed by atoms with Crippen molar-refractivity contribution in [2.24, 2.45) is 0 Å². The van der Waals surface area contributed by atoms with Crippen molar-refractivity contribution in [3.63, 3.8) is 0 Å². The van der Waals surface area contributed by atoms with E-state index in [1.54, 1.807) is 32.0 Å². The Labute approximate surface area is 144 Å². The van der Waals surface area contributed by atoms with Gasteiger partial charge < -0.3 is 24.6 Å². The zero-order chi connectivity index (χ0) is 18.1. The number of fused-ring (bicyclic) bond motifs is 3. The Morgan fingerprint density at radius 1 is 1.20 bits per heavy atom. The summed E-state index contributed by atoms with van der Waals surface area (Å²) >= 11 is 0. The summed E-state index contributed by atoms with van der Waals surface area (Å²) < 4.78 is 7.06. The predicted molar refractivity (Wildman–Crippen MR) is 95.2 cm³/mol. The maximum Gasteiger partial charge on any atom is 0.340 e. The Kier molecular flexibility index (Phi) is 4.55. The number of carbonyl (C=O) groups excluding carboxylic acids is 1. The first-order valence-electron chi connectivity index (χ1n) is 8.25. The first kappa shape index (κ1) is 17.1. The summed E-state index contributed by atoms with van der Waals surface area (Å²) in [6.07, 6.45) is 0.503. The van der Waals surface area contributed by atoms with Crippen LogP contribution in [-0.4, -0.2) is 39.1 Å². The van der Waals surface area contributed by atoms with Crippen LogP contribution in [-0.2, 0) is 11.3 Å². The Bertz CT molecular complexity index is 958. The fourth-order valence-corrected chi connectivity index (χ4v) is 3.36. The highest BCUT2D eigenvalue weighted by molar-refractivity contribution is 6.18. The second-order valence-electron chi connectivity index (χ2n) is 5.90. The topological polar surface area (TPSA) is 91.9 Å². The number of rotatable bonds is 5. The number of benzene rings is 2. The van der Waals surface area contributed by atoms with Gasteiger partial charge in [-0.3, -0.25) is 0 Å². The molecular weight excluding hydrogens is 322 g/mol. The molecule has 132 valence electrons. The smallest absolute Gasteiger partial charge is 0.340 e. The van der Waals surface area contributed by atoms with E-state index in [2.05, 4.69) is 0 Å². The van der Waals surface area contributed by atoms with Gasteiger partial charge >= 0.3 is 5.97 Å². The number of hydrogen-bond donors (Lipinski definition) is 3. The summed E-state index contributed by atoms with van der Waals surface area (Å²) in [5, 5.41) is 31.5. The normalized spacial score (nSPS) is 11.3. The van der Waals surface area contributed by atoms with Crippen LogP contribution in [0, 0.1) is 6.92 Å². The molecule has 6 heteroatoms. The number of aromatic hydroxyl groups is 2. The van der Waals surface area contributed by atoms with Gasteiger partial charge in [0, 0.05) is 29.6 Å². The second-order valence-corrected chi connectivity index (χ2v) is 5.90. The number of aryl methyl sites for hydroxylation is 1. The number of phenols is 2. The van der Waals surface area contributed by atoms with E-state index in [-0.39, 0.29) is 24.7 Å². The molecule has 0 radical (unpaired) electrons. The number of aliphatic hydroxyl groups excluding tert-OH is 1. The molecule has 1 aromatic heterocycles. The first-order chi connectivity index (χ1) is 12.0. The van der Waals surface area contributed by atoms with Gasteiger partial charge in [-0.05, 0) is 32.4 Å². The average molecular weight is 343 g/mol. The Balaban J connectivity index is 2.46. The number of esters is 1. The third kappa shape index (κ3) is 2.68. The van der Waals surface area contributed by atoms with E-state index in [9.17, 15) is 20.1 Å². The third-order valence-electron chi connectivity index (χ3n) is 4.42. The molecule has 0 aliphatic carbocycles. The highest BCUT2D eigenvalue weighted by Gasteiger charge is 2.24. The van der Waals surface area contributed by atoms with Crippen molar-refractivity contribution in [2.45, 2.75) is 26.8 Å². The summed E-state index contributed by atoms with van der Waals surface area (Å²) in [7, 11) is 0. The quantitative estimate of drug-likeness (QED) is 0.619. The number of carbonyl (C=O) groups is 1. The van der Waals surface area contributed by atoms with Gasteiger partial charge in [-0.1, -0.05) is 12.1 Å². The second kappa shape index (κ2) is 6.64. The lowest BCUT2D eigenvalue weighted by atomic mass is 10.0. The first-order valence-corrected chi connectivity index (χ1v) is 8.25. The van der Waals surface area contributed by atoms with Crippen LogP contribution >= 0.6 is 0 Å². The molecule has 0 amide bonds. The van der Waals surface area contributed by atoms with Gasteiger partial charge in [0.2, 0.25) is 0 Å². The van der Waals surface area contributed by atoms with E-state index in [0.717, 1.165) is 0 Å². The van der Waals surface area contributed by atoms with Crippen LogP contribution in [0.25, 0.3) is 21.7 Å². The van der Waals surface area contributed by atoms with Crippen molar-refractivity contribution in [2.75, 3.05) is 13.2 Å². The van der Waals surface area contributed by atoms with E-state index in [1.165, 1.54) is 6.07 Å². The van der Waals surface area contributed by atoms with Gasteiger partial charge in [0.25, 0.3) is 0 Å². The summed E-state index contributed by atoms with van der Waals surface area (Å²) in [5.74, 6) is -0.457. The maximum absolute atomic E-state index is 12.5. The number of aromatic nitrogens is 1. The largest absolute Gasteiger partial charge is 0.507 e. The van der Waals surface area contributed by atoms with Gasteiger partial charge in [-0.15, -0.1) is 0 Å². The van der Waals surface area contributed by atoms with Crippen LogP contribution in [0.3, 0.4) is 0 Å². The number of nitrogens with zero attached hydrogens (tertiary/aromatic N) is 1. The van der Waals surface area contributed by atoms with E-state index >= 15 is 0 Å². The van der Waals surface area contributed by atoms with Gasteiger partial charge in [0.1, 0.15) is 11.5 Å². The van der Waals surface area contributed by atoms with Crippen LogP contribution in [0.15, 0.2) is 24.3 Å². The van der Waals surface area contributed by atoms with Crippen molar-refractivity contribution in [1.82, 2.24) is 4.57 Å². The molecule has 0 spiro atoms. The van der Waals surface area contributed by atoms with Crippen LogP contribution in [0.1, 0.15) is 29.4 Å². The molecule has 1 heterocycles. The standard InChI is InChI=1S/C19H21NO5/c1-3-25-19(24)16-11(2)20(8-5-9-21)18-13(16)10-15(23)12-6-4-7-14(22)17(12)18/h4,6-7,10,21-23H,3,5,8-9H2,1-2H3. The molecule has 0 atom stereocenters. The minimum absolute atomic E-state index is 0.00977. The molecule has 0 unspecified atom stereocenters. The molecule has 0 aliphatic rings. The summed E-state index contributed by atoms with van der Waals surface area (Å²) in [5.41, 5.74) is 1.70. The monoisotopic (exact) mass is 343 g/mol. The zero-order valence-electron chi connectivity index (χ0n) is 14.2. The fraction of sp³-hybridized carbons (Fsp3) is 0.316. The molecule has 0 saturated carbocycles. The van der Waals surface area contributed by atoms with E-state index < -0.39 is 5.97 Å². The van der Waals surface area contributed by atoms with E-state index in [1.807, 2.05) is 4.57 Å². The van der Waals surface area contributed by atoms with Crippen LogP contribution in [0.2, 0.25) is 0 Å². The molecular formula is C19H21NO5. The summed E-state index contributed by atoms with van der Waals surface area (Å²) in [6, 6.07) is 6.45. The molecule has 25 heavy (non-hydrogen) atoms. The number of aliphatic hydroxyl groups is 1. The summed E-state index contributed by atoms with van der Waals surface area (Å²) in [6.45, 7) is 4.26. The Morgan fingerprint density at radius 3 is 2.64 bits per heavy atom. The Morgan fingerprint density at radius 2 is 1.96 bits per heavy atom. The Hall–Kier alpha value is -2.73. The lowest BCUT2D eigenvalue weighted by molar-refractivity contribution is 0.0527. The van der Waals surface area contributed by atoms with Crippen LogP contribution in [0.5, 0.6) is 11.5 Å². The van der Waals surface area contributed by atoms with Crippen molar-refractivity contribution < 1.29 is 24.9 Å². The highest BCUT2D eigenvalue weighted by atomic mass is 16.5. The third-order valence-corrected chi connectivity index (χ3v) is 4.42. The molecule has 0 bridgehead atoms. The average Bonchev–Trinajstić information content (AvgIpc) is 2.85. The van der Waals surface area contributed by atoms with Crippen molar-refractivity contribution in [3.05, 3.63) is 35.5 Å². The molecule has 0 aliphatic heterocycles. The minimum Gasteiger partial charge on any atom is -0.507 e. The predicted octanol–water partition coefficient (Wildman–Crippen LogP) is 3.07. The number of phenolic OH excluding ortho intramolecular Hbond substituents is 2. The van der Waals surface area contributed by atoms with Crippen molar-refractivity contribution >= 4 is 27.6 Å². The molecule has 3 aromatic rings. The lowest BCUT2D eigenvalue weighted by Gasteiger charge is -2.11. The van der Waals surface area contributed by atoms with Crippen LogP contribution in [0.4, 0.5) is 0 Å². The SMILES string of the molecule is CCOC(=O)c1c(C)n(CCCO)c2c1cc(O)c1cccc(O)c12. The zero-order valence-corrected chi connectivity index (χ0v) is 14.2. The number of ether oxygens (including phenoxy) is 1. The van der Waals surface area contributed by atoms with E-state index in [0.29, 0.717) is 45.9 Å². The maximum atomic E-state index is 12.5. The molecule has 3 rings (SSSR count). The van der Waals surface area contributed by atoms with Gasteiger partial charge in [0.15, 0.2) is 0 Å². The molecule has 3 N–H and O–H groups in total. The van der Waals surface area contributed by atoms with Crippen molar-refractivity contribution in [3.8, 4) is 11.5 Å². The van der Waals surface area contributed by atoms with Crippen molar-refractivity contribution in [1.29, 1.82) is 0 Å². The highest BCUT2D eigenvalue weighted by Crippen LogP contribution is 2.41. The fourth-order valence-electron chi connectivity index (χ4n) is 3.36. The minimum atomic E-state index is -0.470. The molecule has 0 saturated heterocycles. The molecule has 0 fully saturated rings. The molecule has 6 nitrogen and oxygen atoms in total. The lowest BCUT2D eigenvalue weighted by Crippen LogP contribution is -2.08. The molecule has 2 aromatic carbocycles.